The van der Waals surface area contributed by atoms with Crippen molar-refractivity contribution in [3.8, 4) is 5.69 Å². The Kier molecular flexibility index (Phi) is 3.22. The number of nitrogens with zero attached hydrogens (tertiary/aromatic N) is 3. The molecule has 102 valence electrons. The van der Waals surface area contributed by atoms with Crippen molar-refractivity contribution in [1.29, 1.82) is 0 Å². The third kappa shape index (κ3) is 1.98. The third-order valence-electron chi connectivity index (χ3n) is 3.54. The van der Waals surface area contributed by atoms with Crippen LogP contribution in [0.1, 0.15) is 23.7 Å². The van der Waals surface area contributed by atoms with E-state index in [1.807, 2.05) is 29.9 Å². The van der Waals surface area contributed by atoms with E-state index in [4.69, 9.17) is 11.6 Å². The molecule has 0 aliphatic carbocycles. The summed E-state index contributed by atoms with van der Waals surface area (Å²) >= 11 is 6.48. The van der Waals surface area contributed by atoms with Gasteiger partial charge in [0, 0.05) is 6.20 Å². The molecule has 0 spiro atoms. The molecule has 0 N–H and O–H groups in total. The summed E-state index contributed by atoms with van der Waals surface area (Å²) in [5.74, 6) is 0. The van der Waals surface area contributed by atoms with E-state index in [-0.39, 0.29) is 0 Å². The van der Waals surface area contributed by atoms with Crippen molar-refractivity contribution in [3.05, 3.63) is 52.3 Å². The molecule has 20 heavy (non-hydrogen) atoms. The van der Waals surface area contributed by atoms with Crippen LogP contribution in [0, 0.1) is 13.8 Å². The van der Waals surface area contributed by atoms with Crippen LogP contribution in [0.4, 0.5) is 0 Å². The van der Waals surface area contributed by atoms with Crippen molar-refractivity contribution >= 4 is 22.6 Å². The number of fused-ring (bicyclic) bond motifs is 1. The maximum absolute atomic E-state index is 6.48. The number of halogens is 1. The highest BCUT2D eigenvalue weighted by atomic mass is 35.5. The van der Waals surface area contributed by atoms with Gasteiger partial charge in [0.25, 0.3) is 0 Å². The number of hydrogen-bond acceptors (Lipinski definition) is 2. The number of benzene rings is 1. The minimum absolute atomic E-state index is 0.772. The summed E-state index contributed by atoms with van der Waals surface area (Å²) in [6.07, 6.45) is 2.72. The molecular weight excluding hydrogens is 270 g/mol. The minimum atomic E-state index is 0.772. The fraction of sp³-hybridized carbons (Fsp3) is 0.250. The second kappa shape index (κ2) is 4.91. The highest BCUT2D eigenvalue weighted by Crippen LogP contribution is 2.30. The predicted octanol–water partition coefficient (Wildman–Crippen LogP) is 4.25. The quantitative estimate of drug-likeness (QED) is 0.704. The number of rotatable bonds is 2. The number of aryl methyl sites for hydroxylation is 3. The first-order valence-corrected chi connectivity index (χ1v) is 7.09. The summed E-state index contributed by atoms with van der Waals surface area (Å²) in [6.45, 7) is 6.12. The van der Waals surface area contributed by atoms with Crippen LogP contribution < -0.4 is 0 Å². The van der Waals surface area contributed by atoms with Crippen LogP contribution in [0.25, 0.3) is 16.7 Å². The van der Waals surface area contributed by atoms with Gasteiger partial charge in [-0.15, -0.1) is 0 Å². The van der Waals surface area contributed by atoms with E-state index in [1.54, 1.807) is 0 Å². The van der Waals surface area contributed by atoms with Crippen molar-refractivity contribution in [2.75, 3.05) is 0 Å². The van der Waals surface area contributed by atoms with Gasteiger partial charge in [-0.05, 0) is 38.0 Å². The van der Waals surface area contributed by atoms with Gasteiger partial charge in [-0.1, -0.05) is 36.2 Å². The normalized spacial score (nSPS) is 11.2. The maximum Gasteiger partial charge on any atom is 0.164 e. The van der Waals surface area contributed by atoms with E-state index in [1.165, 1.54) is 5.56 Å². The van der Waals surface area contributed by atoms with Crippen LogP contribution in [0.3, 0.4) is 0 Å². The molecule has 2 heterocycles. The molecule has 3 rings (SSSR count). The van der Waals surface area contributed by atoms with Gasteiger partial charge in [0.05, 0.1) is 21.8 Å². The Morgan fingerprint density at radius 3 is 2.50 bits per heavy atom. The molecule has 0 amide bonds. The van der Waals surface area contributed by atoms with Crippen molar-refractivity contribution in [1.82, 2.24) is 14.8 Å². The Labute approximate surface area is 123 Å². The fourth-order valence-electron chi connectivity index (χ4n) is 2.36. The van der Waals surface area contributed by atoms with Crippen molar-refractivity contribution in [2.45, 2.75) is 27.2 Å². The molecule has 1 aromatic carbocycles. The third-order valence-corrected chi connectivity index (χ3v) is 3.97. The summed E-state index contributed by atoms with van der Waals surface area (Å²) in [5.41, 5.74) is 5.01. The second-order valence-corrected chi connectivity index (χ2v) is 5.36. The van der Waals surface area contributed by atoms with Crippen LogP contribution in [0.2, 0.25) is 5.02 Å². The number of aromatic nitrogens is 3. The van der Waals surface area contributed by atoms with E-state index in [2.05, 4.69) is 36.1 Å². The molecular formula is C16H16ClN3. The maximum atomic E-state index is 6.48. The van der Waals surface area contributed by atoms with Crippen LogP contribution in [0.5, 0.6) is 0 Å². The second-order valence-electron chi connectivity index (χ2n) is 4.98. The van der Waals surface area contributed by atoms with Gasteiger partial charge in [-0.2, -0.15) is 5.10 Å². The van der Waals surface area contributed by atoms with Gasteiger partial charge in [-0.3, -0.25) is 0 Å². The van der Waals surface area contributed by atoms with Crippen LogP contribution >= 0.6 is 11.6 Å². The fourth-order valence-corrected chi connectivity index (χ4v) is 2.76. The van der Waals surface area contributed by atoms with E-state index < -0.39 is 0 Å². The first-order valence-electron chi connectivity index (χ1n) is 6.71. The van der Waals surface area contributed by atoms with E-state index in [9.17, 15) is 0 Å². The average Bonchev–Trinajstić information content (AvgIpc) is 2.78. The summed E-state index contributed by atoms with van der Waals surface area (Å²) in [7, 11) is 0. The first kappa shape index (κ1) is 13.1. The van der Waals surface area contributed by atoms with Crippen LogP contribution in [0.15, 0.2) is 30.5 Å². The van der Waals surface area contributed by atoms with E-state index in [0.717, 1.165) is 39.4 Å². The smallest absolute Gasteiger partial charge is 0.164 e. The number of pyridine rings is 1. The first-order chi connectivity index (χ1) is 9.61. The minimum Gasteiger partial charge on any atom is -0.236 e. The zero-order valence-corrected chi connectivity index (χ0v) is 12.6. The van der Waals surface area contributed by atoms with Gasteiger partial charge in [0.2, 0.25) is 0 Å². The molecule has 0 saturated carbocycles. The van der Waals surface area contributed by atoms with Gasteiger partial charge in [-0.25, -0.2) is 9.67 Å². The Balaban J connectivity index is 2.28. The predicted molar refractivity (Wildman–Crippen MR) is 82.7 cm³/mol. The van der Waals surface area contributed by atoms with Crippen molar-refractivity contribution < 1.29 is 0 Å². The Bertz CT molecular complexity index is 773. The summed E-state index contributed by atoms with van der Waals surface area (Å²) in [6, 6.07) is 8.23. The molecule has 3 aromatic rings. The molecule has 0 aliphatic rings. The lowest BCUT2D eigenvalue weighted by Gasteiger charge is -2.05. The molecule has 0 radical (unpaired) electrons. The highest BCUT2D eigenvalue weighted by molar-refractivity contribution is 6.36. The Morgan fingerprint density at radius 2 is 1.85 bits per heavy atom. The van der Waals surface area contributed by atoms with Crippen LogP contribution in [-0.2, 0) is 6.42 Å². The molecule has 0 atom stereocenters. The summed E-state index contributed by atoms with van der Waals surface area (Å²) in [5, 5.41) is 6.32. The van der Waals surface area contributed by atoms with Crippen molar-refractivity contribution in [3.63, 3.8) is 0 Å². The molecule has 0 bridgehead atoms. The molecule has 0 fully saturated rings. The van der Waals surface area contributed by atoms with Crippen LogP contribution in [-0.4, -0.2) is 14.8 Å². The lowest BCUT2D eigenvalue weighted by atomic mass is 10.1. The molecule has 2 aromatic heterocycles. The summed E-state index contributed by atoms with van der Waals surface area (Å²) < 4.78 is 1.86. The zero-order chi connectivity index (χ0) is 14.3. The van der Waals surface area contributed by atoms with Crippen molar-refractivity contribution in [2.24, 2.45) is 0 Å². The molecule has 0 aliphatic heterocycles. The Morgan fingerprint density at radius 1 is 1.15 bits per heavy atom. The van der Waals surface area contributed by atoms with Gasteiger partial charge in [0.1, 0.15) is 0 Å². The van der Waals surface area contributed by atoms with Gasteiger partial charge < -0.3 is 0 Å². The Hall–Kier alpha value is -1.87. The largest absolute Gasteiger partial charge is 0.236 e. The lowest BCUT2D eigenvalue weighted by molar-refractivity contribution is 0.876. The topological polar surface area (TPSA) is 30.7 Å². The molecule has 3 nitrogen and oxygen atoms in total. The summed E-state index contributed by atoms with van der Waals surface area (Å²) in [4.78, 5) is 4.55. The molecule has 0 unspecified atom stereocenters. The van der Waals surface area contributed by atoms with Gasteiger partial charge >= 0.3 is 0 Å². The van der Waals surface area contributed by atoms with E-state index in [0.29, 0.717) is 0 Å². The van der Waals surface area contributed by atoms with Gasteiger partial charge in [0.15, 0.2) is 5.65 Å². The lowest BCUT2D eigenvalue weighted by Crippen LogP contribution is -1.98. The molecule has 0 saturated heterocycles. The SMILES string of the molecule is CCc1cnc2c(c(C)nn2-c2ccc(C)cc2)c1Cl. The zero-order valence-electron chi connectivity index (χ0n) is 11.8. The average molecular weight is 286 g/mol. The molecule has 4 heteroatoms. The number of hydrogen-bond donors (Lipinski definition) is 0. The monoisotopic (exact) mass is 285 g/mol. The van der Waals surface area contributed by atoms with E-state index >= 15 is 0 Å². The highest BCUT2D eigenvalue weighted by Gasteiger charge is 2.15. The standard InChI is InChI=1S/C16H16ClN3/c1-4-12-9-18-16-14(15(12)17)11(3)19-20(16)13-7-5-10(2)6-8-13/h5-9H,4H2,1-3H3.